The van der Waals surface area contributed by atoms with Gasteiger partial charge in [-0.15, -0.1) is 11.3 Å². The first-order valence-electron chi connectivity index (χ1n) is 10.9. The second-order valence-corrected chi connectivity index (χ2v) is 9.05. The zero-order valence-electron chi connectivity index (χ0n) is 18.8. The summed E-state index contributed by atoms with van der Waals surface area (Å²) in [5.74, 6) is 0.284. The number of carbonyl (C=O) groups excluding carboxylic acids is 1. The molecule has 0 bridgehead atoms. The molecule has 0 fully saturated rings. The molecule has 5 nitrogen and oxygen atoms in total. The molecule has 1 N–H and O–H groups in total. The Bertz CT molecular complexity index is 1570. The third-order valence-electron chi connectivity index (χ3n) is 5.67. The molecule has 5 rings (SSSR count). The summed E-state index contributed by atoms with van der Waals surface area (Å²) in [6, 6.07) is 22.2. The maximum Gasteiger partial charge on any atom is 0.251 e. The summed E-state index contributed by atoms with van der Waals surface area (Å²) >= 11 is 1.57. The van der Waals surface area contributed by atoms with E-state index >= 15 is 0 Å². The Morgan fingerprint density at radius 1 is 1.00 bits per heavy atom. The molecule has 0 aliphatic rings. The fraction of sp³-hybridized carbons (Fsp3) is 0.107. The van der Waals surface area contributed by atoms with Crippen LogP contribution in [0.4, 0.5) is 0 Å². The van der Waals surface area contributed by atoms with Crippen LogP contribution in [0.25, 0.3) is 32.9 Å². The van der Waals surface area contributed by atoms with Crippen LogP contribution in [0.15, 0.2) is 87.4 Å². The summed E-state index contributed by atoms with van der Waals surface area (Å²) in [4.78, 5) is 29.8. The lowest BCUT2D eigenvalue weighted by Gasteiger charge is -2.06. The lowest BCUT2D eigenvalue weighted by atomic mass is 10.1. The van der Waals surface area contributed by atoms with Crippen molar-refractivity contribution in [2.75, 3.05) is 0 Å². The summed E-state index contributed by atoms with van der Waals surface area (Å²) in [5, 5.41) is 6.40. The van der Waals surface area contributed by atoms with Crippen molar-refractivity contribution >= 4 is 28.2 Å². The molecule has 0 saturated carbocycles. The highest BCUT2D eigenvalue weighted by Gasteiger charge is 2.11. The standard InChI is InChI=1S/C28H22N2O3S/c1-17-7-12-25-23(13-17)24(31)14-26(33-25)19-8-10-20(11-9-19)27(32)29-15-21-16-34-28(30-21)22-6-4-3-5-18(22)2/h3-14,16H,15H2,1-2H3,(H,29,32). The predicted octanol–water partition coefficient (Wildman–Crippen LogP) is 6.13. The zero-order chi connectivity index (χ0) is 23.7. The quantitative estimate of drug-likeness (QED) is 0.338. The van der Waals surface area contributed by atoms with E-state index in [1.54, 1.807) is 41.7 Å². The van der Waals surface area contributed by atoms with Gasteiger partial charge in [-0.3, -0.25) is 9.59 Å². The number of benzene rings is 3. The van der Waals surface area contributed by atoms with Gasteiger partial charge in [-0.05, 0) is 43.7 Å². The van der Waals surface area contributed by atoms with Gasteiger partial charge in [0.15, 0.2) is 5.43 Å². The van der Waals surface area contributed by atoms with E-state index < -0.39 is 0 Å². The number of amides is 1. The smallest absolute Gasteiger partial charge is 0.251 e. The van der Waals surface area contributed by atoms with Gasteiger partial charge in [0, 0.05) is 28.1 Å². The molecule has 0 aliphatic heterocycles. The van der Waals surface area contributed by atoms with Gasteiger partial charge in [0.25, 0.3) is 5.91 Å². The van der Waals surface area contributed by atoms with E-state index in [9.17, 15) is 9.59 Å². The molecule has 5 aromatic rings. The first-order valence-corrected chi connectivity index (χ1v) is 11.8. The van der Waals surface area contributed by atoms with Crippen LogP contribution in [-0.4, -0.2) is 10.9 Å². The minimum Gasteiger partial charge on any atom is -0.456 e. The fourth-order valence-electron chi connectivity index (χ4n) is 3.80. The van der Waals surface area contributed by atoms with Crippen LogP contribution in [0.2, 0.25) is 0 Å². The lowest BCUT2D eigenvalue weighted by molar-refractivity contribution is 0.0950. The highest BCUT2D eigenvalue weighted by atomic mass is 32.1. The van der Waals surface area contributed by atoms with Crippen molar-refractivity contribution in [3.05, 3.63) is 111 Å². The topological polar surface area (TPSA) is 72.2 Å². The average molecular weight is 467 g/mol. The Morgan fingerprint density at radius 2 is 1.79 bits per heavy atom. The predicted molar refractivity (Wildman–Crippen MR) is 136 cm³/mol. The Hall–Kier alpha value is -4.03. The zero-order valence-corrected chi connectivity index (χ0v) is 19.6. The number of aromatic nitrogens is 1. The van der Waals surface area contributed by atoms with Crippen molar-refractivity contribution in [2.45, 2.75) is 20.4 Å². The van der Waals surface area contributed by atoms with Crippen molar-refractivity contribution in [3.8, 4) is 21.9 Å². The Balaban J connectivity index is 1.28. The van der Waals surface area contributed by atoms with Crippen molar-refractivity contribution in [1.29, 1.82) is 0 Å². The third kappa shape index (κ3) is 4.40. The molecule has 0 radical (unpaired) electrons. The van der Waals surface area contributed by atoms with Gasteiger partial charge < -0.3 is 9.73 Å². The molecule has 34 heavy (non-hydrogen) atoms. The maximum atomic E-state index is 12.6. The van der Waals surface area contributed by atoms with Gasteiger partial charge in [-0.1, -0.05) is 48.0 Å². The molecule has 2 heterocycles. The maximum absolute atomic E-state index is 12.6. The summed E-state index contributed by atoms with van der Waals surface area (Å²) in [7, 11) is 0. The first kappa shape index (κ1) is 21.8. The number of carbonyl (C=O) groups is 1. The van der Waals surface area contributed by atoms with E-state index in [2.05, 4.69) is 29.4 Å². The molecule has 0 spiro atoms. The molecule has 0 aliphatic carbocycles. The first-order chi connectivity index (χ1) is 16.5. The van der Waals surface area contributed by atoms with Gasteiger partial charge in [0.05, 0.1) is 17.6 Å². The highest BCUT2D eigenvalue weighted by Crippen LogP contribution is 2.27. The normalized spacial score (nSPS) is 11.0. The van der Waals surface area contributed by atoms with Crippen molar-refractivity contribution in [1.82, 2.24) is 10.3 Å². The van der Waals surface area contributed by atoms with Gasteiger partial charge >= 0.3 is 0 Å². The molecular weight excluding hydrogens is 444 g/mol. The van der Waals surface area contributed by atoms with Crippen LogP contribution >= 0.6 is 11.3 Å². The number of thiazole rings is 1. The molecule has 0 saturated heterocycles. The fourth-order valence-corrected chi connectivity index (χ4v) is 4.71. The monoisotopic (exact) mass is 466 g/mol. The Morgan fingerprint density at radius 3 is 2.59 bits per heavy atom. The van der Waals surface area contributed by atoms with E-state index in [-0.39, 0.29) is 11.3 Å². The number of hydrogen-bond donors (Lipinski definition) is 1. The van der Waals surface area contributed by atoms with Crippen molar-refractivity contribution in [2.24, 2.45) is 0 Å². The third-order valence-corrected chi connectivity index (χ3v) is 6.60. The van der Waals surface area contributed by atoms with Gasteiger partial charge in [0.1, 0.15) is 16.4 Å². The van der Waals surface area contributed by atoms with Gasteiger partial charge in [0.2, 0.25) is 0 Å². The number of hydrogen-bond acceptors (Lipinski definition) is 5. The minimum atomic E-state index is -0.188. The summed E-state index contributed by atoms with van der Waals surface area (Å²) in [5.41, 5.74) is 5.82. The van der Waals surface area contributed by atoms with Crippen LogP contribution in [0, 0.1) is 13.8 Å². The molecule has 1 amide bonds. The van der Waals surface area contributed by atoms with Crippen molar-refractivity contribution in [3.63, 3.8) is 0 Å². The van der Waals surface area contributed by atoms with Crippen molar-refractivity contribution < 1.29 is 9.21 Å². The molecule has 0 unspecified atom stereocenters. The second kappa shape index (κ2) is 9.08. The van der Waals surface area contributed by atoms with Crippen LogP contribution in [0.3, 0.4) is 0 Å². The molecule has 6 heteroatoms. The number of rotatable bonds is 5. The number of fused-ring (bicyclic) bond motifs is 1. The van der Waals surface area contributed by atoms with Crippen LogP contribution in [-0.2, 0) is 6.54 Å². The van der Waals surface area contributed by atoms with E-state index in [1.165, 1.54) is 11.6 Å². The second-order valence-electron chi connectivity index (χ2n) is 8.19. The average Bonchev–Trinajstić information content (AvgIpc) is 3.32. The lowest BCUT2D eigenvalue weighted by Crippen LogP contribution is -2.22. The molecule has 2 aromatic heterocycles. The molecule has 3 aromatic carbocycles. The Kier molecular flexibility index (Phi) is 5.82. The van der Waals surface area contributed by atoms with E-state index in [0.29, 0.717) is 28.8 Å². The molecule has 168 valence electrons. The minimum absolute atomic E-state index is 0.0879. The van der Waals surface area contributed by atoms with Crippen LogP contribution in [0.5, 0.6) is 0 Å². The van der Waals surface area contributed by atoms with Crippen LogP contribution in [0.1, 0.15) is 27.2 Å². The SMILES string of the molecule is Cc1ccc2oc(-c3ccc(C(=O)NCc4csc(-c5ccccc5C)n4)cc3)cc(=O)c2c1. The summed E-state index contributed by atoms with van der Waals surface area (Å²) in [6.45, 7) is 4.35. The Labute approximate surface area is 200 Å². The largest absolute Gasteiger partial charge is 0.456 e. The molecular formula is C28H22N2O3S. The number of nitrogens with zero attached hydrogens (tertiary/aromatic N) is 1. The summed E-state index contributed by atoms with van der Waals surface area (Å²) in [6.07, 6.45) is 0. The van der Waals surface area contributed by atoms with Gasteiger partial charge in [-0.2, -0.15) is 0 Å². The van der Waals surface area contributed by atoms with E-state index in [1.807, 2.05) is 36.6 Å². The molecule has 0 atom stereocenters. The van der Waals surface area contributed by atoms with Crippen LogP contribution < -0.4 is 10.7 Å². The number of aryl methyl sites for hydroxylation is 2. The number of nitrogens with one attached hydrogen (secondary N) is 1. The highest BCUT2D eigenvalue weighted by molar-refractivity contribution is 7.13. The van der Waals surface area contributed by atoms with Gasteiger partial charge in [-0.25, -0.2) is 4.98 Å². The van der Waals surface area contributed by atoms with E-state index in [4.69, 9.17) is 4.42 Å². The van der Waals surface area contributed by atoms with E-state index in [0.717, 1.165) is 27.4 Å². The summed E-state index contributed by atoms with van der Waals surface area (Å²) < 4.78 is 5.93.